The maximum Gasteiger partial charge on any atom is 0.146 e. The molecule has 1 aliphatic carbocycles. The maximum atomic E-state index is 14.1. The molecule has 0 radical (unpaired) electrons. The minimum absolute atomic E-state index is 0.304. The van der Waals surface area contributed by atoms with Crippen LogP contribution in [0, 0.1) is 5.92 Å². The molecule has 0 spiro atoms. The quantitative estimate of drug-likeness (QED) is 0.758. The van der Waals surface area contributed by atoms with Gasteiger partial charge in [0.25, 0.3) is 0 Å². The van der Waals surface area contributed by atoms with Crippen LogP contribution in [0.1, 0.15) is 32.6 Å². The van der Waals surface area contributed by atoms with E-state index >= 15 is 0 Å². The Labute approximate surface area is 127 Å². The van der Waals surface area contributed by atoms with Crippen molar-refractivity contribution < 1.29 is 4.57 Å². The van der Waals surface area contributed by atoms with Crippen molar-refractivity contribution in [2.75, 3.05) is 0 Å². The zero-order chi connectivity index (χ0) is 14.7. The Morgan fingerprint density at radius 1 is 0.762 bits per heavy atom. The van der Waals surface area contributed by atoms with Crippen LogP contribution in [-0.2, 0) is 4.57 Å². The normalized spacial score (nSPS) is 22.9. The molecule has 0 unspecified atom stereocenters. The van der Waals surface area contributed by atoms with E-state index in [-0.39, 0.29) is 0 Å². The summed E-state index contributed by atoms with van der Waals surface area (Å²) < 4.78 is 14.1. The molecule has 0 heterocycles. The Kier molecular flexibility index (Phi) is 4.31. The van der Waals surface area contributed by atoms with Crippen molar-refractivity contribution in [1.82, 2.24) is 0 Å². The van der Waals surface area contributed by atoms with Crippen molar-refractivity contribution in [1.29, 1.82) is 0 Å². The van der Waals surface area contributed by atoms with Crippen LogP contribution in [0.3, 0.4) is 0 Å². The summed E-state index contributed by atoms with van der Waals surface area (Å²) in [5.74, 6) is 0.779. The van der Waals surface area contributed by atoms with Crippen LogP contribution < -0.4 is 10.6 Å². The minimum Gasteiger partial charge on any atom is -0.313 e. The van der Waals surface area contributed by atoms with E-state index in [0.29, 0.717) is 5.66 Å². The van der Waals surface area contributed by atoms with E-state index in [4.69, 9.17) is 0 Å². The molecular weight excluding hydrogens is 275 g/mol. The molecule has 2 aromatic rings. The molecule has 2 heteroatoms. The summed E-state index contributed by atoms with van der Waals surface area (Å²) in [5, 5.41) is 2.05. The van der Waals surface area contributed by atoms with Crippen molar-refractivity contribution >= 4 is 17.8 Å². The zero-order valence-electron chi connectivity index (χ0n) is 12.6. The van der Waals surface area contributed by atoms with Gasteiger partial charge in [-0.3, -0.25) is 0 Å². The van der Waals surface area contributed by atoms with Crippen LogP contribution in [0.4, 0.5) is 0 Å². The van der Waals surface area contributed by atoms with Gasteiger partial charge in [0.2, 0.25) is 0 Å². The first kappa shape index (κ1) is 14.6. The Hall–Kier alpha value is -1.33. The van der Waals surface area contributed by atoms with Gasteiger partial charge < -0.3 is 4.57 Å². The van der Waals surface area contributed by atoms with Gasteiger partial charge in [-0.1, -0.05) is 67.6 Å². The summed E-state index contributed by atoms with van der Waals surface area (Å²) in [7, 11) is -2.53. The third kappa shape index (κ3) is 2.85. The molecule has 0 N–H and O–H groups in total. The molecule has 3 rings (SSSR count). The van der Waals surface area contributed by atoms with Crippen molar-refractivity contribution in [2.24, 2.45) is 5.92 Å². The minimum atomic E-state index is -2.53. The molecule has 1 aliphatic rings. The first-order chi connectivity index (χ1) is 10.2. The molecule has 0 aliphatic heterocycles. The van der Waals surface area contributed by atoms with Crippen LogP contribution in [-0.4, -0.2) is 5.66 Å². The first-order valence-electron chi connectivity index (χ1n) is 7.92. The van der Waals surface area contributed by atoms with Gasteiger partial charge in [-0.25, -0.2) is 0 Å². The molecule has 0 saturated heterocycles. The Balaban J connectivity index is 2.06. The van der Waals surface area contributed by atoms with E-state index in [1.165, 1.54) is 12.8 Å². The largest absolute Gasteiger partial charge is 0.313 e. The second-order valence-electron chi connectivity index (χ2n) is 6.24. The summed E-state index contributed by atoms with van der Waals surface area (Å²) in [6.07, 6.45) is 4.58. The lowest BCUT2D eigenvalue weighted by atomic mass is 9.91. The topological polar surface area (TPSA) is 17.1 Å². The lowest BCUT2D eigenvalue weighted by Crippen LogP contribution is -2.28. The maximum absolute atomic E-state index is 14.1. The number of hydrogen-bond acceptors (Lipinski definition) is 1. The van der Waals surface area contributed by atoms with Gasteiger partial charge in [0.15, 0.2) is 0 Å². The van der Waals surface area contributed by atoms with E-state index in [1.807, 2.05) is 60.7 Å². The standard InChI is InChI=1S/C19H23OP/c1-16-12-14-19(15-13-16)21(20,17-8-4-2-5-9-17)18-10-6-3-7-11-18/h2-11,16,19H,12-15H2,1H3. The molecule has 110 valence electrons. The second kappa shape index (κ2) is 6.20. The van der Waals surface area contributed by atoms with Gasteiger partial charge in [-0.2, -0.15) is 0 Å². The van der Waals surface area contributed by atoms with E-state index < -0.39 is 7.14 Å². The third-order valence-corrected chi connectivity index (χ3v) is 8.45. The van der Waals surface area contributed by atoms with Crippen LogP contribution in [0.5, 0.6) is 0 Å². The fourth-order valence-corrected chi connectivity index (χ4v) is 6.87. The van der Waals surface area contributed by atoms with Gasteiger partial charge >= 0.3 is 0 Å². The predicted molar refractivity (Wildman–Crippen MR) is 91.2 cm³/mol. The average Bonchev–Trinajstić information content (AvgIpc) is 2.56. The highest BCUT2D eigenvalue weighted by molar-refractivity contribution is 7.79. The summed E-state index contributed by atoms with van der Waals surface area (Å²) in [5.41, 5.74) is 0.304. The van der Waals surface area contributed by atoms with E-state index in [2.05, 4.69) is 6.92 Å². The zero-order valence-corrected chi connectivity index (χ0v) is 13.5. The van der Waals surface area contributed by atoms with Crippen molar-refractivity contribution in [2.45, 2.75) is 38.3 Å². The van der Waals surface area contributed by atoms with Crippen molar-refractivity contribution in [3.05, 3.63) is 60.7 Å². The molecule has 1 nitrogen and oxygen atoms in total. The molecular formula is C19H23OP. The van der Waals surface area contributed by atoms with Gasteiger partial charge in [-0.05, 0) is 31.6 Å². The van der Waals surface area contributed by atoms with E-state index in [9.17, 15) is 4.57 Å². The number of hydrogen-bond donors (Lipinski definition) is 0. The first-order valence-corrected chi connectivity index (χ1v) is 9.70. The SMILES string of the molecule is CC1CCC(P(=O)(c2ccccc2)c2ccccc2)CC1. The molecule has 0 bridgehead atoms. The summed E-state index contributed by atoms with van der Waals surface area (Å²) in [6, 6.07) is 20.2. The lowest BCUT2D eigenvalue weighted by molar-refractivity contribution is 0.384. The van der Waals surface area contributed by atoms with Gasteiger partial charge in [-0.15, -0.1) is 0 Å². The van der Waals surface area contributed by atoms with Crippen LogP contribution in [0.25, 0.3) is 0 Å². The summed E-state index contributed by atoms with van der Waals surface area (Å²) in [4.78, 5) is 0. The lowest BCUT2D eigenvalue weighted by Gasteiger charge is -2.33. The third-order valence-electron chi connectivity index (χ3n) is 4.78. The van der Waals surface area contributed by atoms with E-state index in [0.717, 1.165) is 29.4 Å². The van der Waals surface area contributed by atoms with Gasteiger partial charge in [0.05, 0.1) is 0 Å². The molecule has 21 heavy (non-hydrogen) atoms. The number of benzene rings is 2. The molecule has 0 aromatic heterocycles. The van der Waals surface area contributed by atoms with Crippen LogP contribution >= 0.6 is 7.14 Å². The predicted octanol–water partition coefficient (Wildman–Crippen LogP) is 4.58. The smallest absolute Gasteiger partial charge is 0.146 e. The van der Waals surface area contributed by atoms with Gasteiger partial charge in [0.1, 0.15) is 7.14 Å². The molecule has 2 aromatic carbocycles. The van der Waals surface area contributed by atoms with Crippen molar-refractivity contribution in [3.8, 4) is 0 Å². The average molecular weight is 298 g/mol. The molecule has 1 fully saturated rings. The van der Waals surface area contributed by atoms with Crippen molar-refractivity contribution in [3.63, 3.8) is 0 Å². The highest BCUT2D eigenvalue weighted by Crippen LogP contribution is 2.54. The fraction of sp³-hybridized carbons (Fsp3) is 0.368. The molecule has 1 saturated carbocycles. The van der Waals surface area contributed by atoms with E-state index in [1.54, 1.807) is 0 Å². The second-order valence-corrected chi connectivity index (χ2v) is 9.32. The Bertz CT molecular complexity index is 569. The summed E-state index contributed by atoms with van der Waals surface area (Å²) >= 11 is 0. The highest BCUT2D eigenvalue weighted by atomic mass is 31.2. The van der Waals surface area contributed by atoms with Crippen LogP contribution in [0.2, 0.25) is 0 Å². The Morgan fingerprint density at radius 2 is 1.19 bits per heavy atom. The monoisotopic (exact) mass is 298 g/mol. The number of rotatable bonds is 3. The molecule has 0 atom stereocenters. The van der Waals surface area contributed by atoms with Gasteiger partial charge in [0, 0.05) is 16.3 Å². The molecule has 0 amide bonds. The highest BCUT2D eigenvalue weighted by Gasteiger charge is 2.37. The fourth-order valence-electron chi connectivity index (χ4n) is 3.48. The Morgan fingerprint density at radius 3 is 1.62 bits per heavy atom. The summed E-state index contributed by atoms with van der Waals surface area (Å²) in [6.45, 7) is 2.31. The van der Waals surface area contributed by atoms with Crippen LogP contribution in [0.15, 0.2) is 60.7 Å².